The first-order chi connectivity index (χ1) is 9.32. The van der Waals surface area contributed by atoms with Gasteiger partial charge in [-0.2, -0.15) is 18.3 Å². The Morgan fingerprint density at radius 2 is 2.10 bits per heavy atom. The first-order valence-corrected chi connectivity index (χ1v) is 5.95. The van der Waals surface area contributed by atoms with E-state index in [4.69, 9.17) is 5.73 Å². The lowest BCUT2D eigenvalue weighted by Crippen LogP contribution is -2.48. The highest BCUT2D eigenvalue weighted by atomic mass is 19.4. The Bertz CT molecular complexity index is 688. The first-order valence-electron chi connectivity index (χ1n) is 5.95. The number of amides is 1. The van der Waals surface area contributed by atoms with Gasteiger partial charge in [0.2, 0.25) is 0 Å². The number of nitrogens with one attached hydrogen (secondary N) is 2. The number of hydrogen-bond acceptors (Lipinski definition) is 3. The number of fused-ring (bicyclic) bond motifs is 1. The van der Waals surface area contributed by atoms with Crippen LogP contribution in [0.3, 0.4) is 0 Å². The standard InChI is InChI=1S/C12H11F3N4O/c13-12(14,15)11(3-4-11)17-10(20)9-7-5-6(16)1-2-8(7)18-19-9/h1-2,5H,3-4,16H2,(H,17,20)(H,18,19). The molecule has 1 amide bonds. The van der Waals surface area contributed by atoms with Crippen LogP contribution in [-0.2, 0) is 0 Å². The average Bonchev–Trinajstić information content (AvgIpc) is 3.02. The smallest absolute Gasteiger partial charge is 0.399 e. The molecule has 1 fully saturated rings. The number of aromatic nitrogens is 2. The summed E-state index contributed by atoms with van der Waals surface area (Å²) in [4.78, 5) is 12.0. The molecule has 1 aromatic heterocycles. The van der Waals surface area contributed by atoms with Crippen molar-refractivity contribution in [3.8, 4) is 0 Å². The van der Waals surface area contributed by atoms with Crippen molar-refractivity contribution < 1.29 is 18.0 Å². The molecule has 1 heterocycles. The summed E-state index contributed by atoms with van der Waals surface area (Å²) in [6.07, 6.45) is -4.66. The van der Waals surface area contributed by atoms with E-state index in [1.807, 2.05) is 5.32 Å². The minimum Gasteiger partial charge on any atom is -0.399 e. The van der Waals surface area contributed by atoms with Crippen LogP contribution in [0, 0.1) is 0 Å². The van der Waals surface area contributed by atoms with Crippen molar-refractivity contribution >= 4 is 22.5 Å². The second-order valence-corrected chi connectivity index (χ2v) is 4.91. The maximum Gasteiger partial charge on any atom is 0.411 e. The third kappa shape index (κ3) is 1.87. The molecule has 1 aliphatic carbocycles. The number of benzene rings is 1. The molecule has 5 nitrogen and oxygen atoms in total. The van der Waals surface area contributed by atoms with Crippen LogP contribution >= 0.6 is 0 Å². The number of halogens is 3. The van der Waals surface area contributed by atoms with Gasteiger partial charge in [0.1, 0.15) is 5.54 Å². The van der Waals surface area contributed by atoms with Crippen molar-refractivity contribution in [1.29, 1.82) is 0 Å². The van der Waals surface area contributed by atoms with Crippen LogP contribution in [0.15, 0.2) is 18.2 Å². The molecule has 0 radical (unpaired) electrons. The Labute approximate surface area is 111 Å². The number of rotatable bonds is 2. The Kier molecular flexibility index (Phi) is 2.47. The molecule has 0 aliphatic heterocycles. The van der Waals surface area contributed by atoms with Crippen LogP contribution in [0.1, 0.15) is 23.3 Å². The number of aromatic amines is 1. The van der Waals surface area contributed by atoms with Crippen LogP contribution in [0.4, 0.5) is 18.9 Å². The van der Waals surface area contributed by atoms with E-state index in [1.54, 1.807) is 12.1 Å². The van der Waals surface area contributed by atoms with Gasteiger partial charge in [0.25, 0.3) is 5.91 Å². The Morgan fingerprint density at radius 1 is 1.40 bits per heavy atom. The Balaban J connectivity index is 1.92. The lowest BCUT2D eigenvalue weighted by atomic mass is 10.1. The van der Waals surface area contributed by atoms with Gasteiger partial charge in [-0.1, -0.05) is 0 Å². The molecule has 3 rings (SSSR count). The van der Waals surface area contributed by atoms with Crippen molar-refractivity contribution in [3.05, 3.63) is 23.9 Å². The van der Waals surface area contributed by atoms with Gasteiger partial charge in [0, 0.05) is 11.1 Å². The number of anilines is 1. The molecular weight excluding hydrogens is 273 g/mol. The highest BCUT2D eigenvalue weighted by Gasteiger charge is 2.64. The summed E-state index contributed by atoms with van der Waals surface area (Å²) >= 11 is 0. The quantitative estimate of drug-likeness (QED) is 0.737. The van der Waals surface area contributed by atoms with Crippen molar-refractivity contribution in [2.45, 2.75) is 24.6 Å². The number of alkyl halides is 3. The van der Waals surface area contributed by atoms with E-state index in [0.717, 1.165) is 0 Å². The van der Waals surface area contributed by atoms with Crippen molar-refractivity contribution in [1.82, 2.24) is 15.5 Å². The molecule has 20 heavy (non-hydrogen) atoms. The summed E-state index contributed by atoms with van der Waals surface area (Å²) in [6.45, 7) is 0. The fourth-order valence-corrected chi connectivity index (χ4v) is 2.09. The number of H-pyrrole nitrogens is 1. The summed E-state index contributed by atoms with van der Waals surface area (Å²) in [5.41, 5.74) is 4.38. The molecule has 2 aromatic rings. The van der Waals surface area contributed by atoms with Crippen LogP contribution in [0.25, 0.3) is 10.9 Å². The molecule has 0 bridgehead atoms. The van der Waals surface area contributed by atoms with E-state index in [2.05, 4.69) is 10.2 Å². The zero-order valence-corrected chi connectivity index (χ0v) is 10.2. The Hall–Kier alpha value is -2.25. The van der Waals surface area contributed by atoms with E-state index in [-0.39, 0.29) is 18.5 Å². The molecule has 0 spiro atoms. The van der Waals surface area contributed by atoms with E-state index >= 15 is 0 Å². The van der Waals surface area contributed by atoms with Gasteiger partial charge in [-0.15, -0.1) is 0 Å². The maximum absolute atomic E-state index is 12.8. The largest absolute Gasteiger partial charge is 0.411 e. The highest BCUT2D eigenvalue weighted by molar-refractivity contribution is 6.05. The third-order valence-electron chi connectivity index (χ3n) is 3.45. The van der Waals surface area contributed by atoms with Gasteiger partial charge in [0.15, 0.2) is 5.69 Å². The summed E-state index contributed by atoms with van der Waals surface area (Å²) in [5, 5.41) is 8.80. The summed E-state index contributed by atoms with van der Waals surface area (Å²) in [7, 11) is 0. The van der Waals surface area contributed by atoms with E-state index < -0.39 is 17.6 Å². The monoisotopic (exact) mass is 284 g/mol. The SMILES string of the molecule is Nc1ccc2[nH]nc(C(=O)NC3(C(F)(F)F)CC3)c2c1. The number of nitrogen functional groups attached to an aromatic ring is 1. The van der Waals surface area contributed by atoms with Gasteiger partial charge in [-0.05, 0) is 31.0 Å². The topological polar surface area (TPSA) is 83.8 Å². The molecule has 1 saturated carbocycles. The molecule has 1 aromatic carbocycles. The minimum absolute atomic E-state index is 0.0807. The predicted molar refractivity (Wildman–Crippen MR) is 66.0 cm³/mol. The van der Waals surface area contributed by atoms with Crippen molar-refractivity contribution in [3.63, 3.8) is 0 Å². The maximum atomic E-state index is 12.8. The molecule has 4 N–H and O–H groups in total. The highest BCUT2D eigenvalue weighted by Crippen LogP contribution is 2.49. The third-order valence-corrected chi connectivity index (χ3v) is 3.45. The number of carbonyl (C=O) groups excluding carboxylic acids is 1. The number of nitrogens with two attached hydrogens (primary N) is 1. The number of nitrogens with zero attached hydrogens (tertiary/aromatic N) is 1. The predicted octanol–water partition coefficient (Wildman–Crippen LogP) is 1.97. The molecule has 0 saturated heterocycles. The lowest BCUT2D eigenvalue weighted by molar-refractivity contribution is -0.163. The summed E-state index contributed by atoms with van der Waals surface area (Å²) < 4.78 is 38.4. The Morgan fingerprint density at radius 3 is 2.70 bits per heavy atom. The number of carbonyl (C=O) groups is 1. The fraction of sp³-hybridized carbons (Fsp3) is 0.333. The molecule has 0 unspecified atom stereocenters. The van der Waals surface area contributed by atoms with Gasteiger partial charge >= 0.3 is 6.18 Å². The average molecular weight is 284 g/mol. The van der Waals surface area contributed by atoms with E-state index in [9.17, 15) is 18.0 Å². The molecular formula is C12H11F3N4O. The molecule has 8 heteroatoms. The molecule has 0 atom stereocenters. The van der Waals surface area contributed by atoms with Gasteiger partial charge in [-0.25, -0.2) is 0 Å². The minimum atomic E-state index is -4.45. The van der Waals surface area contributed by atoms with E-state index in [0.29, 0.717) is 16.6 Å². The fourth-order valence-electron chi connectivity index (χ4n) is 2.09. The summed E-state index contributed by atoms with van der Waals surface area (Å²) in [6, 6.07) is 4.73. The van der Waals surface area contributed by atoms with Gasteiger partial charge in [-0.3, -0.25) is 9.89 Å². The van der Waals surface area contributed by atoms with Crippen LogP contribution in [-0.4, -0.2) is 27.8 Å². The van der Waals surface area contributed by atoms with Crippen LogP contribution < -0.4 is 11.1 Å². The molecule has 1 aliphatic rings. The zero-order chi connectivity index (χ0) is 14.5. The summed E-state index contributed by atoms with van der Waals surface area (Å²) in [5.74, 6) is -0.850. The van der Waals surface area contributed by atoms with Crippen LogP contribution in [0.5, 0.6) is 0 Å². The zero-order valence-electron chi connectivity index (χ0n) is 10.2. The van der Waals surface area contributed by atoms with Gasteiger partial charge in [0.05, 0.1) is 5.52 Å². The van der Waals surface area contributed by atoms with Crippen molar-refractivity contribution in [2.24, 2.45) is 0 Å². The normalized spacial score (nSPS) is 17.1. The lowest BCUT2D eigenvalue weighted by Gasteiger charge is -2.20. The van der Waals surface area contributed by atoms with E-state index in [1.165, 1.54) is 6.07 Å². The number of hydrogen-bond donors (Lipinski definition) is 3. The molecule has 106 valence electrons. The van der Waals surface area contributed by atoms with Crippen LogP contribution in [0.2, 0.25) is 0 Å². The second-order valence-electron chi connectivity index (χ2n) is 4.91. The van der Waals surface area contributed by atoms with Gasteiger partial charge < -0.3 is 11.1 Å². The first kappa shape index (κ1) is 12.8. The van der Waals surface area contributed by atoms with Crippen molar-refractivity contribution in [2.75, 3.05) is 5.73 Å². The second kappa shape index (κ2) is 3.87.